The largest absolute Gasteiger partial charge is 0.354 e. The molecule has 2 rings (SSSR count). The average molecular weight is 290 g/mol. The standard InChI is InChI=1S/C13H23N3O2.ClH/c1-2-4-12(17)16-6-3-5-11(16)13(18)15-9-10-7-14-8-10;/h10-11,14H,2-9H2,1H3,(H,15,18);1H. The van der Waals surface area contributed by atoms with Gasteiger partial charge in [0.2, 0.25) is 11.8 Å². The van der Waals surface area contributed by atoms with Crippen molar-refractivity contribution in [3.63, 3.8) is 0 Å². The maximum Gasteiger partial charge on any atom is 0.242 e. The van der Waals surface area contributed by atoms with Crippen molar-refractivity contribution in [2.75, 3.05) is 26.2 Å². The van der Waals surface area contributed by atoms with Crippen molar-refractivity contribution in [1.82, 2.24) is 15.5 Å². The van der Waals surface area contributed by atoms with Crippen molar-refractivity contribution in [2.45, 2.75) is 38.6 Å². The number of hydrogen-bond donors (Lipinski definition) is 2. The van der Waals surface area contributed by atoms with Gasteiger partial charge in [-0.05, 0) is 19.3 Å². The predicted molar refractivity (Wildman–Crippen MR) is 76.3 cm³/mol. The molecule has 1 atom stereocenters. The Hall–Kier alpha value is -0.810. The predicted octanol–water partition coefficient (Wildman–Crippen LogP) is 0.535. The summed E-state index contributed by atoms with van der Waals surface area (Å²) >= 11 is 0. The number of amides is 2. The van der Waals surface area contributed by atoms with Gasteiger partial charge in [-0.2, -0.15) is 0 Å². The lowest BCUT2D eigenvalue weighted by Crippen LogP contribution is -2.51. The minimum absolute atomic E-state index is 0. The molecule has 2 N–H and O–H groups in total. The molecule has 0 bridgehead atoms. The molecule has 110 valence electrons. The van der Waals surface area contributed by atoms with E-state index in [1.54, 1.807) is 4.90 Å². The fraction of sp³-hybridized carbons (Fsp3) is 0.846. The lowest BCUT2D eigenvalue weighted by Gasteiger charge is -2.29. The quantitative estimate of drug-likeness (QED) is 0.776. The molecule has 0 radical (unpaired) electrons. The maximum absolute atomic E-state index is 12.1. The van der Waals surface area contributed by atoms with Crippen molar-refractivity contribution in [3.8, 4) is 0 Å². The molecule has 6 heteroatoms. The Morgan fingerprint density at radius 1 is 1.37 bits per heavy atom. The fourth-order valence-corrected chi connectivity index (χ4v) is 2.55. The Balaban J connectivity index is 0.00000180. The van der Waals surface area contributed by atoms with Crippen molar-refractivity contribution < 1.29 is 9.59 Å². The van der Waals surface area contributed by atoms with Crippen LogP contribution in [0, 0.1) is 5.92 Å². The number of nitrogens with zero attached hydrogens (tertiary/aromatic N) is 1. The Bertz CT molecular complexity index is 321. The Kier molecular flexibility index (Phi) is 6.58. The van der Waals surface area contributed by atoms with E-state index in [9.17, 15) is 9.59 Å². The summed E-state index contributed by atoms with van der Waals surface area (Å²) < 4.78 is 0. The zero-order valence-electron chi connectivity index (χ0n) is 11.5. The van der Waals surface area contributed by atoms with Gasteiger partial charge in [0.1, 0.15) is 6.04 Å². The number of halogens is 1. The topological polar surface area (TPSA) is 61.4 Å². The van der Waals surface area contributed by atoms with Gasteiger partial charge in [0.05, 0.1) is 0 Å². The fourth-order valence-electron chi connectivity index (χ4n) is 2.55. The number of hydrogen-bond acceptors (Lipinski definition) is 3. The molecule has 1 unspecified atom stereocenters. The average Bonchev–Trinajstić information content (AvgIpc) is 2.75. The summed E-state index contributed by atoms with van der Waals surface area (Å²) in [4.78, 5) is 25.7. The summed E-state index contributed by atoms with van der Waals surface area (Å²) in [6.07, 6.45) is 3.15. The summed E-state index contributed by atoms with van der Waals surface area (Å²) in [6.45, 7) is 5.44. The van der Waals surface area contributed by atoms with E-state index in [0.29, 0.717) is 12.3 Å². The van der Waals surface area contributed by atoms with Gasteiger partial charge in [-0.25, -0.2) is 0 Å². The van der Waals surface area contributed by atoms with Crippen LogP contribution in [-0.4, -0.2) is 48.9 Å². The Morgan fingerprint density at radius 2 is 2.11 bits per heavy atom. The molecule has 2 aliphatic rings. The van der Waals surface area contributed by atoms with Gasteiger partial charge in [-0.15, -0.1) is 12.4 Å². The summed E-state index contributed by atoms with van der Waals surface area (Å²) in [5.74, 6) is 0.722. The second-order valence-electron chi connectivity index (χ2n) is 5.26. The first-order chi connectivity index (χ1) is 8.72. The van der Waals surface area contributed by atoms with E-state index in [1.807, 2.05) is 6.92 Å². The van der Waals surface area contributed by atoms with Crippen molar-refractivity contribution in [3.05, 3.63) is 0 Å². The maximum atomic E-state index is 12.1. The van der Waals surface area contributed by atoms with Crippen LogP contribution in [0.4, 0.5) is 0 Å². The van der Waals surface area contributed by atoms with Gasteiger partial charge in [0.15, 0.2) is 0 Å². The molecule has 0 saturated carbocycles. The van der Waals surface area contributed by atoms with Gasteiger partial charge in [0.25, 0.3) is 0 Å². The molecule has 2 aliphatic heterocycles. The number of carbonyl (C=O) groups excluding carboxylic acids is 2. The van der Waals surface area contributed by atoms with Crippen LogP contribution in [0.1, 0.15) is 32.6 Å². The van der Waals surface area contributed by atoms with Crippen molar-refractivity contribution in [2.24, 2.45) is 5.92 Å². The minimum Gasteiger partial charge on any atom is -0.354 e. The molecule has 2 saturated heterocycles. The molecule has 5 nitrogen and oxygen atoms in total. The highest BCUT2D eigenvalue weighted by atomic mass is 35.5. The normalized spacial score (nSPS) is 22.6. The smallest absolute Gasteiger partial charge is 0.242 e. The van der Waals surface area contributed by atoms with Crippen LogP contribution in [0.15, 0.2) is 0 Å². The minimum atomic E-state index is -0.225. The second-order valence-corrected chi connectivity index (χ2v) is 5.26. The summed E-state index contributed by atoms with van der Waals surface area (Å²) in [6, 6.07) is -0.225. The molecule has 19 heavy (non-hydrogen) atoms. The van der Waals surface area contributed by atoms with Crippen LogP contribution in [0.25, 0.3) is 0 Å². The number of nitrogens with one attached hydrogen (secondary N) is 2. The van der Waals surface area contributed by atoms with Crippen LogP contribution in [0.3, 0.4) is 0 Å². The lowest BCUT2D eigenvalue weighted by molar-refractivity contribution is -0.138. The molecule has 2 heterocycles. The van der Waals surface area contributed by atoms with Crippen LogP contribution >= 0.6 is 12.4 Å². The molecule has 0 spiro atoms. The van der Waals surface area contributed by atoms with E-state index in [0.717, 1.165) is 45.4 Å². The van der Waals surface area contributed by atoms with Crippen LogP contribution < -0.4 is 10.6 Å². The van der Waals surface area contributed by atoms with Crippen LogP contribution in [0.2, 0.25) is 0 Å². The highest BCUT2D eigenvalue weighted by molar-refractivity contribution is 5.88. The molecule has 0 aromatic carbocycles. The molecular weight excluding hydrogens is 266 g/mol. The van der Waals surface area contributed by atoms with Gasteiger partial charge >= 0.3 is 0 Å². The highest BCUT2D eigenvalue weighted by Crippen LogP contribution is 2.19. The van der Waals surface area contributed by atoms with Gasteiger partial charge in [-0.3, -0.25) is 9.59 Å². The van der Waals surface area contributed by atoms with Crippen molar-refractivity contribution in [1.29, 1.82) is 0 Å². The number of likely N-dealkylation sites (tertiary alicyclic amines) is 1. The van der Waals surface area contributed by atoms with E-state index in [-0.39, 0.29) is 30.3 Å². The monoisotopic (exact) mass is 289 g/mol. The van der Waals surface area contributed by atoms with Gasteiger partial charge in [0, 0.05) is 38.5 Å². The third kappa shape index (κ3) is 4.08. The van der Waals surface area contributed by atoms with E-state index >= 15 is 0 Å². The number of rotatable bonds is 5. The molecule has 0 aliphatic carbocycles. The summed E-state index contributed by atoms with van der Waals surface area (Å²) in [5.41, 5.74) is 0. The number of carbonyl (C=O) groups is 2. The summed E-state index contributed by atoms with van der Waals surface area (Å²) in [5, 5.41) is 6.16. The second kappa shape index (κ2) is 7.70. The molecule has 0 aromatic heterocycles. The van der Waals surface area contributed by atoms with E-state index in [1.165, 1.54) is 0 Å². The first-order valence-corrected chi connectivity index (χ1v) is 7.00. The third-order valence-electron chi connectivity index (χ3n) is 3.77. The Morgan fingerprint density at radius 3 is 2.68 bits per heavy atom. The summed E-state index contributed by atoms with van der Waals surface area (Å²) in [7, 11) is 0. The van der Waals surface area contributed by atoms with E-state index < -0.39 is 0 Å². The van der Waals surface area contributed by atoms with Crippen LogP contribution in [0.5, 0.6) is 0 Å². The molecule has 2 fully saturated rings. The van der Waals surface area contributed by atoms with Crippen molar-refractivity contribution >= 4 is 24.2 Å². The molecule has 2 amide bonds. The van der Waals surface area contributed by atoms with E-state index in [2.05, 4.69) is 10.6 Å². The molecule has 0 aromatic rings. The highest BCUT2D eigenvalue weighted by Gasteiger charge is 2.33. The third-order valence-corrected chi connectivity index (χ3v) is 3.77. The first kappa shape index (κ1) is 16.2. The van der Waals surface area contributed by atoms with E-state index in [4.69, 9.17) is 0 Å². The SMILES string of the molecule is CCCC(=O)N1CCCC1C(=O)NCC1CNC1.Cl. The lowest BCUT2D eigenvalue weighted by atomic mass is 10.0. The first-order valence-electron chi connectivity index (χ1n) is 7.00. The zero-order chi connectivity index (χ0) is 13.0. The van der Waals surface area contributed by atoms with Gasteiger partial charge < -0.3 is 15.5 Å². The molecular formula is C13H24ClN3O2. The van der Waals surface area contributed by atoms with Crippen LogP contribution in [-0.2, 0) is 9.59 Å². The zero-order valence-corrected chi connectivity index (χ0v) is 12.3. The Labute approximate surface area is 120 Å². The van der Waals surface area contributed by atoms with Gasteiger partial charge in [-0.1, -0.05) is 6.92 Å².